The molecule has 2 aliphatic rings. The van der Waals surface area contributed by atoms with E-state index < -0.39 is 5.92 Å². The lowest BCUT2D eigenvalue weighted by atomic mass is 10.1. The molecule has 0 atom stereocenters. The van der Waals surface area contributed by atoms with Gasteiger partial charge in [-0.15, -0.1) is 0 Å². The van der Waals surface area contributed by atoms with Crippen LogP contribution in [0.5, 0.6) is 0 Å². The number of hydrogen-bond acceptors (Lipinski definition) is 6. The highest BCUT2D eigenvalue weighted by Crippen LogP contribution is 2.38. The second-order valence-corrected chi connectivity index (χ2v) is 8.86. The second kappa shape index (κ2) is 9.02. The number of likely N-dealkylation sites (tertiary alicyclic amines) is 1. The first-order valence-corrected chi connectivity index (χ1v) is 11.3. The van der Waals surface area contributed by atoms with E-state index in [2.05, 4.69) is 25.1 Å². The van der Waals surface area contributed by atoms with Gasteiger partial charge in [0.15, 0.2) is 12.1 Å². The molecule has 6 rings (SSSR count). The Morgan fingerprint density at radius 3 is 2.56 bits per heavy atom. The number of nitrogens with zero attached hydrogens (tertiary/aromatic N) is 6. The molecule has 1 aliphatic heterocycles. The van der Waals surface area contributed by atoms with E-state index in [1.54, 1.807) is 12.4 Å². The van der Waals surface area contributed by atoms with Crippen LogP contribution in [0, 0.1) is 0 Å². The maximum absolute atomic E-state index is 12.4. The maximum atomic E-state index is 12.4. The summed E-state index contributed by atoms with van der Waals surface area (Å²) in [6.07, 6.45) is 8.49. The summed E-state index contributed by atoms with van der Waals surface area (Å²) in [5.41, 5.74) is 2.98. The molecule has 8 nitrogen and oxygen atoms in total. The standard InChI is InChI=1S/C18H14N6O.C6H11F2N/c25-10-11-7-13-5-6-24(18(13)20-8-11)14-3-4-15(19-9-14)17-21-16(22-23-17)12-1-2-12;1-9-4-2-6(7,8)3-5-9/h3-10,12H,1-2H2,(H,21,22,23);2-5H2,1H3. The van der Waals surface area contributed by atoms with Gasteiger partial charge in [-0.2, -0.15) is 5.10 Å². The number of piperidine rings is 1. The number of aromatic amines is 1. The Balaban J connectivity index is 0.000000227. The fourth-order valence-corrected chi connectivity index (χ4v) is 3.85. The Bertz CT molecular complexity index is 1280. The van der Waals surface area contributed by atoms with Crippen LogP contribution in [-0.4, -0.2) is 67.0 Å². The van der Waals surface area contributed by atoms with E-state index in [1.807, 2.05) is 47.0 Å². The van der Waals surface area contributed by atoms with Crippen LogP contribution in [0.3, 0.4) is 0 Å². The Labute approximate surface area is 195 Å². The van der Waals surface area contributed by atoms with Crippen LogP contribution in [0.4, 0.5) is 8.78 Å². The molecule has 0 spiro atoms. The van der Waals surface area contributed by atoms with E-state index in [4.69, 9.17) is 0 Å². The number of carbonyl (C=O) groups is 1. The van der Waals surface area contributed by atoms with E-state index >= 15 is 0 Å². The van der Waals surface area contributed by atoms with Crippen LogP contribution in [-0.2, 0) is 0 Å². The number of H-pyrrole nitrogens is 1. The van der Waals surface area contributed by atoms with Gasteiger partial charge < -0.3 is 4.90 Å². The first kappa shape index (κ1) is 22.3. The van der Waals surface area contributed by atoms with Crippen molar-refractivity contribution in [1.82, 2.24) is 34.6 Å². The summed E-state index contributed by atoms with van der Waals surface area (Å²) in [5.74, 6) is -0.270. The lowest BCUT2D eigenvalue weighted by Crippen LogP contribution is -2.36. The minimum Gasteiger partial charge on any atom is -0.306 e. The summed E-state index contributed by atoms with van der Waals surface area (Å²) in [4.78, 5) is 26.2. The molecule has 0 aromatic carbocycles. The molecule has 0 amide bonds. The van der Waals surface area contributed by atoms with Crippen molar-refractivity contribution >= 4 is 17.3 Å². The quantitative estimate of drug-likeness (QED) is 0.453. The van der Waals surface area contributed by atoms with Crippen LogP contribution in [0.25, 0.3) is 28.2 Å². The normalized spacial score (nSPS) is 17.9. The summed E-state index contributed by atoms with van der Waals surface area (Å²) in [6, 6.07) is 7.62. The van der Waals surface area contributed by atoms with Gasteiger partial charge in [0.25, 0.3) is 5.92 Å². The molecule has 4 aromatic heterocycles. The van der Waals surface area contributed by atoms with Gasteiger partial charge in [0, 0.05) is 55.2 Å². The third kappa shape index (κ3) is 4.86. The third-order valence-corrected chi connectivity index (χ3v) is 6.12. The highest BCUT2D eigenvalue weighted by atomic mass is 19.3. The van der Waals surface area contributed by atoms with Crippen LogP contribution in [0.15, 0.2) is 42.9 Å². The highest BCUT2D eigenvalue weighted by molar-refractivity contribution is 5.85. The minimum absolute atomic E-state index is 0.0312. The number of aromatic nitrogens is 6. The van der Waals surface area contributed by atoms with Crippen molar-refractivity contribution < 1.29 is 13.6 Å². The largest absolute Gasteiger partial charge is 0.306 e. The van der Waals surface area contributed by atoms with E-state index in [1.165, 1.54) is 12.8 Å². The third-order valence-electron chi connectivity index (χ3n) is 6.12. The van der Waals surface area contributed by atoms with Gasteiger partial charge in [0.05, 0.1) is 11.9 Å². The average Bonchev–Trinajstić information content (AvgIpc) is 3.43. The van der Waals surface area contributed by atoms with Gasteiger partial charge in [0.1, 0.15) is 17.2 Å². The molecular formula is C24H25F2N7O. The molecule has 4 aromatic rings. The Morgan fingerprint density at radius 1 is 1.12 bits per heavy atom. The number of halogens is 2. The Kier molecular flexibility index (Phi) is 5.91. The van der Waals surface area contributed by atoms with Crippen molar-refractivity contribution in [3.05, 3.63) is 54.2 Å². The van der Waals surface area contributed by atoms with E-state index in [9.17, 15) is 13.6 Å². The first-order chi connectivity index (χ1) is 16.4. The van der Waals surface area contributed by atoms with Crippen LogP contribution in [0.1, 0.15) is 47.8 Å². The zero-order valence-electron chi connectivity index (χ0n) is 18.8. The SMILES string of the molecule is CN1CCC(F)(F)CC1.O=Cc1cnc2c(ccn2-c2ccc(-c3n[nH]c(C4CC4)n3)nc2)c1. The molecule has 1 aliphatic carbocycles. The molecular weight excluding hydrogens is 440 g/mol. The van der Waals surface area contributed by atoms with Gasteiger partial charge in [-0.05, 0) is 44.2 Å². The molecule has 1 N–H and O–H groups in total. The number of fused-ring (bicyclic) bond motifs is 1. The molecule has 10 heteroatoms. The van der Waals surface area contributed by atoms with Gasteiger partial charge in [-0.25, -0.2) is 18.7 Å². The number of rotatable bonds is 4. The van der Waals surface area contributed by atoms with Crippen molar-refractivity contribution in [3.63, 3.8) is 0 Å². The van der Waals surface area contributed by atoms with E-state index in [-0.39, 0.29) is 12.8 Å². The molecule has 5 heterocycles. The molecule has 2 fully saturated rings. The van der Waals surface area contributed by atoms with Crippen molar-refractivity contribution in [2.45, 2.75) is 37.5 Å². The monoisotopic (exact) mass is 465 g/mol. The predicted molar refractivity (Wildman–Crippen MR) is 123 cm³/mol. The first-order valence-electron chi connectivity index (χ1n) is 11.3. The maximum Gasteiger partial charge on any atom is 0.250 e. The van der Waals surface area contributed by atoms with Crippen molar-refractivity contribution in [2.75, 3.05) is 20.1 Å². The van der Waals surface area contributed by atoms with Gasteiger partial charge in [-0.1, -0.05) is 0 Å². The smallest absolute Gasteiger partial charge is 0.250 e. The molecule has 0 unspecified atom stereocenters. The summed E-state index contributed by atoms with van der Waals surface area (Å²) >= 11 is 0. The van der Waals surface area contributed by atoms with Crippen LogP contribution in [0.2, 0.25) is 0 Å². The molecule has 0 radical (unpaired) electrons. The van der Waals surface area contributed by atoms with Crippen LogP contribution >= 0.6 is 0 Å². The molecule has 176 valence electrons. The summed E-state index contributed by atoms with van der Waals surface area (Å²) in [6.45, 7) is 1.07. The Hall–Kier alpha value is -3.53. The summed E-state index contributed by atoms with van der Waals surface area (Å²) in [7, 11) is 1.87. The lowest BCUT2D eigenvalue weighted by molar-refractivity contribution is -0.0504. The fraction of sp³-hybridized carbons (Fsp3) is 0.375. The number of nitrogens with one attached hydrogen (secondary N) is 1. The number of carbonyl (C=O) groups excluding carboxylic acids is 1. The zero-order chi connectivity index (χ0) is 23.7. The lowest BCUT2D eigenvalue weighted by Gasteiger charge is -2.28. The van der Waals surface area contributed by atoms with E-state index in [0.717, 1.165) is 34.5 Å². The molecule has 1 saturated heterocycles. The molecule has 0 bridgehead atoms. The highest BCUT2D eigenvalue weighted by Gasteiger charge is 2.32. The zero-order valence-corrected chi connectivity index (χ0v) is 18.8. The van der Waals surface area contributed by atoms with Gasteiger partial charge in [0.2, 0.25) is 0 Å². The van der Waals surface area contributed by atoms with Crippen LogP contribution < -0.4 is 0 Å². The average molecular weight is 466 g/mol. The van der Waals surface area contributed by atoms with Crippen molar-refractivity contribution in [1.29, 1.82) is 0 Å². The van der Waals surface area contributed by atoms with E-state index in [0.29, 0.717) is 30.4 Å². The molecule has 34 heavy (non-hydrogen) atoms. The topological polar surface area (TPSA) is 92.6 Å². The number of aldehydes is 1. The predicted octanol–water partition coefficient (Wildman–Crippen LogP) is 4.24. The molecule has 1 saturated carbocycles. The second-order valence-electron chi connectivity index (χ2n) is 8.86. The Morgan fingerprint density at radius 2 is 1.91 bits per heavy atom. The number of alkyl halides is 2. The fourth-order valence-electron chi connectivity index (χ4n) is 3.85. The van der Waals surface area contributed by atoms with Crippen molar-refractivity contribution in [3.8, 4) is 17.2 Å². The van der Waals surface area contributed by atoms with Gasteiger partial charge >= 0.3 is 0 Å². The summed E-state index contributed by atoms with van der Waals surface area (Å²) in [5, 5.41) is 8.17. The minimum atomic E-state index is -2.38. The number of hydrogen-bond donors (Lipinski definition) is 1. The number of pyridine rings is 2. The summed E-state index contributed by atoms with van der Waals surface area (Å²) < 4.78 is 26.6. The van der Waals surface area contributed by atoms with Crippen molar-refractivity contribution in [2.24, 2.45) is 0 Å². The van der Waals surface area contributed by atoms with Gasteiger partial charge in [-0.3, -0.25) is 19.4 Å².